The van der Waals surface area contributed by atoms with Gasteiger partial charge in [0.15, 0.2) is 0 Å². The van der Waals surface area contributed by atoms with Crippen molar-refractivity contribution in [2.45, 2.75) is 43.5 Å². The SMILES string of the molecule is CCNC(CCC1CC1)CSc1cccc(Br)c1. The van der Waals surface area contributed by atoms with Crippen molar-refractivity contribution in [3.63, 3.8) is 0 Å². The van der Waals surface area contributed by atoms with E-state index in [0.717, 1.165) is 12.5 Å². The molecule has 1 atom stereocenters. The highest BCUT2D eigenvalue weighted by Crippen LogP contribution is 2.34. The van der Waals surface area contributed by atoms with Crippen LogP contribution >= 0.6 is 27.7 Å². The van der Waals surface area contributed by atoms with Crippen LogP contribution in [0.4, 0.5) is 0 Å². The quantitative estimate of drug-likeness (QED) is 0.694. The van der Waals surface area contributed by atoms with Crippen molar-refractivity contribution in [2.24, 2.45) is 5.92 Å². The zero-order valence-electron chi connectivity index (χ0n) is 11.0. The first-order valence-corrected chi connectivity index (χ1v) is 8.67. The highest BCUT2D eigenvalue weighted by Gasteiger charge is 2.22. The van der Waals surface area contributed by atoms with E-state index in [1.807, 2.05) is 11.8 Å². The van der Waals surface area contributed by atoms with E-state index >= 15 is 0 Å². The van der Waals surface area contributed by atoms with Crippen LogP contribution in [-0.4, -0.2) is 18.3 Å². The molecule has 0 amide bonds. The van der Waals surface area contributed by atoms with Crippen molar-refractivity contribution in [1.29, 1.82) is 0 Å². The minimum absolute atomic E-state index is 0.666. The van der Waals surface area contributed by atoms with E-state index < -0.39 is 0 Å². The van der Waals surface area contributed by atoms with Crippen LogP contribution in [0.3, 0.4) is 0 Å². The molecule has 2 rings (SSSR count). The summed E-state index contributed by atoms with van der Waals surface area (Å²) in [6, 6.07) is 9.26. The molecular formula is C15H22BrNS. The van der Waals surface area contributed by atoms with Gasteiger partial charge >= 0.3 is 0 Å². The van der Waals surface area contributed by atoms with Crippen molar-refractivity contribution in [2.75, 3.05) is 12.3 Å². The Morgan fingerprint density at radius 1 is 1.44 bits per heavy atom. The molecule has 1 aliphatic rings. The summed E-state index contributed by atoms with van der Waals surface area (Å²) in [6.45, 7) is 3.28. The maximum absolute atomic E-state index is 3.62. The van der Waals surface area contributed by atoms with Gasteiger partial charge in [-0.25, -0.2) is 0 Å². The average Bonchev–Trinajstić information content (AvgIpc) is 3.17. The van der Waals surface area contributed by atoms with Crippen molar-refractivity contribution in [1.82, 2.24) is 5.32 Å². The lowest BCUT2D eigenvalue weighted by Crippen LogP contribution is -2.31. The average molecular weight is 328 g/mol. The third kappa shape index (κ3) is 5.33. The molecule has 1 N–H and O–H groups in total. The first-order valence-electron chi connectivity index (χ1n) is 6.89. The molecule has 0 aromatic heterocycles. The maximum atomic E-state index is 3.62. The molecule has 1 aromatic carbocycles. The number of halogens is 1. The maximum Gasteiger partial charge on any atom is 0.0186 e. The molecule has 1 nitrogen and oxygen atoms in total. The lowest BCUT2D eigenvalue weighted by Gasteiger charge is -2.17. The summed E-state index contributed by atoms with van der Waals surface area (Å²) in [5.74, 6) is 2.22. The molecule has 1 fully saturated rings. The second-order valence-corrected chi connectivity index (χ2v) is 7.05. The van der Waals surface area contributed by atoms with Gasteiger partial charge in [0.2, 0.25) is 0 Å². The molecule has 3 heteroatoms. The predicted octanol–water partition coefficient (Wildman–Crippen LogP) is 4.71. The summed E-state index contributed by atoms with van der Waals surface area (Å²) in [7, 11) is 0. The number of hydrogen-bond acceptors (Lipinski definition) is 2. The van der Waals surface area contributed by atoms with Crippen LogP contribution in [0.5, 0.6) is 0 Å². The molecule has 0 heterocycles. The lowest BCUT2D eigenvalue weighted by molar-refractivity contribution is 0.501. The second-order valence-electron chi connectivity index (χ2n) is 5.04. The largest absolute Gasteiger partial charge is 0.313 e. The molecular weight excluding hydrogens is 306 g/mol. The van der Waals surface area contributed by atoms with E-state index in [9.17, 15) is 0 Å². The van der Waals surface area contributed by atoms with Crippen molar-refractivity contribution < 1.29 is 0 Å². The Morgan fingerprint density at radius 2 is 2.28 bits per heavy atom. The Bertz CT molecular complexity index is 365. The van der Waals surface area contributed by atoms with E-state index in [2.05, 4.69) is 52.4 Å². The highest BCUT2D eigenvalue weighted by molar-refractivity contribution is 9.10. The van der Waals surface area contributed by atoms with Gasteiger partial charge in [0.25, 0.3) is 0 Å². The molecule has 1 unspecified atom stereocenters. The standard InChI is InChI=1S/C15H22BrNS/c1-2-17-14(9-8-12-6-7-12)11-18-15-5-3-4-13(16)10-15/h3-5,10,12,14,17H,2,6-9,11H2,1H3. The molecule has 0 aliphatic heterocycles. The van der Waals surface area contributed by atoms with Gasteiger partial charge in [-0.3, -0.25) is 0 Å². The summed E-state index contributed by atoms with van der Waals surface area (Å²) in [5.41, 5.74) is 0. The van der Waals surface area contributed by atoms with E-state index in [-0.39, 0.29) is 0 Å². The Balaban J connectivity index is 1.76. The summed E-state index contributed by atoms with van der Waals surface area (Å²) in [6.07, 6.45) is 5.69. The van der Waals surface area contributed by atoms with Crippen LogP contribution in [-0.2, 0) is 0 Å². The fourth-order valence-corrected chi connectivity index (χ4v) is 3.74. The minimum Gasteiger partial charge on any atom is -0.313 e. The Labute approximate surface area is 123 Å². The first kappa shape index (κ1) is 14.4. The molecule has 0 spiro atoms. The van der Waals surface area contributed by atoms with Crippen LogP contribution in [0.1, 0.15) is 32.6 Å². The highest BCUT2D eigenvalue weighted by atomic mass is 79.9. The fraction of sp³-hybridized carbons (Fsp3) is 0.600. The van der Waals surface area contributed by atoms with Crippen LogP contribution in [0.25, 0.3) is 0 Å². The van der Waals surface area contributed by atoms with Crippen LogP contribution in [0, 0.1) is 5.92 Å². The molecule has 1 aromatic rings. The summed E-state index contributed by atoms with van der Waals surface area (Å²) < 4.78 is 1.17. The zero-order valence-corrected chi connectivity index (χ0v) is 13.4. The van der Waals surface area contributed by atoms with Gasteiger partial charge < -0.3 is 5.32 Å². The van der Waals surface area contributed by atoms with Crippen LogP contribution in [0.15, 0.2) is 33.6 Å². The molecule has 0 radical (unpaired) electrons. The smallest absolute Gasteiger partial charge is 0.0186 e. The normalized spacial score (nSPS) is 16.8. The monoisotopic (exact) mass is 327 g/mol. The second kappa shape index (κ2) is 7.56. The van der Waals surface area contributed by atoms with Crippen molar-refractivity contribution in [3.8, 4) is 0 Å². The van der Waals surface area contributed by atoms with Gasteiger partial charge in [0.1, 0.15) is 0 Å². The zero-order chi connectivity index (χ0) is 12.8. The molecule has 1 saturated carbocycles. The molecule has 0 saturated heterocycles. The lowest BCUT2D eigenvalue weighted by atomic mass is 10.1. The van der Waals surface area contributed by atoms with Gasteiger partial charge in [-0.15, -0.1) is 11.8 Å². The number of rotatable bonds is 8. The van der Waals surface area contributed by atoms with Gasteiger partial charge in [0, 0.05) is 21.2 Å². The molecule has 100 valence electrons. The molecule has 0 bridgehead atoms. The third-order valence-corrected chi connectivity index (χ3v) is 5.01. The fourth-order valence-electron chi connectivity index (χ4n) is 2.13. The van der Waals surface area contributed by atoms with E-state index in [1.54, 1.807) is 0 Å². The van der Waals surface area contributed by atoms with Crippen LogP contribution in [0.2, 0.25) is 0 Å². The topological polar surface area (TPSA) is 12.0 Å². The number of hydrogen-bond donors (Lipinski definition) is 1. The summed E-state index contributed by atoms with van der Waals surface area (Å²) in [5, 5.41) is 3.62. The Hall–Kier alpha value is 0.01000. The minimum atomic E-state index is 0.666. The number of nitrogens with one attached hydrogen (secondary N) is 1. The van der Waals surface area contributed by atoms with Crippen molar-refractivity contribution in [3.05, 3.63) is 28.7 Å². The van der Waals surface area contributed by atoms with Gasteiger partial charge in [-0.2, -0.15) is 0 Å². The number of thioether (sulfide) groups is 1. The van der Waals surface area contributed by atoms with Gasteiger partial charge in [-0.1, -0.05) is 41.8 Å². The Kier molecular flexibility index (Phi) is 6.06. The Morgan fingerprint density at radius 3 is 2.94 bits per heavy atom. The van der Waals surface area contributed by atoms with E-state index in [4.69, 9.17) is 0 Å². The third-order valence-electron chi connectivity index (χ3n) is 3.36. The summed E-state index contributed by atoms with van der Waals surface area (Å²) >= 11 is 5.49. The molecule has 1 aliphatic carbocycles. The van der Waals surface area contributed by atoms with E-state index in [0.29, 0.717) is 6.04 Å². The van der Waals surface area contributed by atoms with Gasteiger partial charge in [-0.05, 0) is 43.5 Å². The summed E-state index contributed by atoms with van der Waals surface area (Å²) in [4.78, 5) is 1.36. The predicted molar refractivity (Wildman–Crippen MR) is 84.3 cm³/mol. The van der Waals surface area contributed by atoms with Gasteiger partial charge in [0.05, 0.1) is 0 Å². The molecule has 18 heavy (non-hydrogen) atoms. The first-order chi connectivity index (χ1) is 8.78. The van der Waals surface area contributed by atoms with Crippen LogP contribution < -0.4 is 5.32 Å². The van der Waals surface area contributed by atoms with E-state index in [1.165, 1.54) is 40.8 Å². The van der Waals surface area contributed by atoms with Crippen molar-refractivity contribution >= 4 is 27.7 Å². The number of benzene rings is 1.